The molecule has 0 atom stereocenters. The molecule has 0 aliphatic carbocycles. The molecule has 1 heterocycles. The van der Waals surface area contributed by atoms with Crippen molar-refractivity contribution in [2.75, 3.05) is 17.3 Å². The summed E-state index contributed by atoms with van der Waals surface area (Å²) in [5.74, 6) is -0.673. The van der Waals surface area contributed by atoms with Gasteiger partial charge in [0, 0.05) is 10.2 Å². The number of nitrogens with one attached hydrogen (secondary N) is 1. The van der Waals surface area contributed by atoms with Crippen LogP contribution in [0.2, 0.25) is 0 Å². The number of imide groups is 1. The number of benzene rings is 3. The average molecular weight is 530 g/mol. The largest absolute Gasteiger partial charge is 0.495 e. The molecule has 150 valence electrons. The van der Waals surface area contributed by atoms with Gasteiger partial charge in [0.2, 0.25) is 0 Å². The van der Waals surface area contributed by atoms with Gasteiger partial charge in [-0.1, -0.05) is 28.1 Å². The van der Waals surface area contributed by atoms with Crippen molar-refractivity contribution < 1.29 is 19.1 Å². The summed E-state index contributed by atoms with van der Waals surface area (Å²) in [6, 6.07) is 16.7. The fourth-order valence-electron chi connectivity index (χ4n) is 3.25. The third kappa shape index (κ3) is 3.53. The zero-order valence-electron chi connectivity index (χ0n) is 15.6. The predicted molar refractivity (Wildman–Crippen MR) is 120 cm³/mol. The number of hydrogen-bond acceptors (Lipinski definition) is 4. The van der Waals surface area contributed by atoms with Crippen molar-refractivity contribution in [3.8, 4) is 5.75 Å². The lowest BCUT2D eigenvalue weighted by Crippen LogP contribution is -2.29. The van der Waals surface area contributed by atoms with E-state index in [-0.39, 0.29) is 17.7 Å². The van der Waals surface area contributed by atoms with Crippen molar-refractivity contribution in [2.45, 2.75) is 0 Å². The Labute approximate surface area is 189 Å². The van der Waals surface area contributed by atoms with E-state index < -0.39 is 0 Å². The Hall–Kier alpha value is -2.97. The normalized spacial score (nSPS) is 12.7. The van der Waals surface area contributed by atoms with Gasteiger partial charge in [-0.05, 0) is 64.5 Å². The van der Waals surface area contributed by atoms with Crippen LogP contribution < -0.4 is 15.0 Å². The second-order valence-corrected chi connectivity index (χ2v) is 8.23. The molecule has 1 aliphatic heterocycles. The molecule has 1 aliphatic rings. The van der Waals surface area contributed by atoms with Crippen LogP contribution in [0, 0.1) is 0 Å². The first-order chi connectivity index (χ1) is 14.4. The molecule has 3 amide bonds. The molecule has 0 spiro atoms. The molecule has 0 unspecified atom stereocenters. The first kappa shape index (κ1) is 20.3. The van der Waals surface area contributed by atoms with Gasteiger partial charge in [0.15, 0.2) is 0 Å². The highest BCUT2D eigenvalue weighted by atomic mass is 79.9. The number of fused-ring (bicyclic) bond motifs is 1. The molecule has 30 heavy (non-hydrogen) atoms. The van der Waals surface area contributed by atoms with Crippen LogP contribution in [0.1, 0.15) is 31.1 Å². The molecule has 0 bridgehead atoms. The highest BCUT2D eigenvalue weighted by Crippen LogP contribution is 2.33. The van der Waals surface area contributed by atoms with Gasteiger partial charge in [0.1, 0.15) is 5.75 Å². The van der Waals surface area contributed by atoms with Crippen LogP contribution in [0.5, 0.6) is 5.75 Å². The number of amides is 3. The van der Waals surface area contributed by atoms with E-state index in [1.54, 1.807) is 60.7 Å². The smallest absolute Gasteiger partial charge is 0.266 e. The number of rotatable bonds is 4. The van der Waals surface area contributed by atoms with Crippen molar-refractivity contribution in [3.05, 3.63) is 86.3 Å². The van der Waals surface area contributed by atoms with Crippen molar-refractivity contribution in [3.63, 3.8) is 0 Å². The molecule has 0 saturated carbocycles. The van der Waals surface area contributed by atoms with E-state index in [0.717, 1.165) is 9.37 Å². The Morgan fingerprint density at radius 3 is 2.10 bits per heavy atom. The van der Waals surface area contributed by atoms with E-state index in [2.05, 4.69) is 37.2 Å². The summed E-state index contributed by atoms with van der Waals surface area (Å²) < 4.78 is 6.69. The maximum Gasteiger partial charge on any atom is 0.266 e. The maximum absolute atomic E-state index is 12.7. The van der Waals surface area contributed by atoms with E-state index in [0.29, 0.717) is 38.3 Å². The molecule has 3 aromatic carbocycles. The van der Waals surface area contributed by atoms with Crippen molar-refractivity contribution in [1.29, 1.82) is 0 Å². The summed E-state index contributed by atoms with van der Waals surface area (Å²) in [7, 11) is 1.49. The molecule has 0 aromatic heterocycles. The SMILES string of the molecule is COc1c(Br)cc(Br)cc1C(=O)Nc1ccc(N2C(=O)c3ccccc3C2=O)cc1. The zero-order chi connectivity index (χ0) is 21.4. The van der Waals surface area contributed by atoms with E-state index >= 15 is 0 Å². The Bertz CT molecular complexity index is 1160. The fourth-order valence-corrected chi connectivity index (χ4v) is 4.64. The summed E-state index contributed by atoms with van der Waals surface area (Å²) in [6.45, 7) is 0. The van der Waals surface area contributed by atoms with Crippen molar-refractivity contribution >= 4 is 61.0 Å². The predicted octanol–water partition coefficient (Wildman–Crippen LogP) is 5.27. The Balaban J connectivity index is 1.57. The minimum atomic E-state index is -0.365. The van der Waals surface area contributed by atoms with E-state index in [4.69, 9.17) is 4.74 Å². The molecule has 0 radical (unpaired) electrons. The Morgan fingerprint density at radius 1 is 0.933 bits per heavy atom. The van der Waals surface area contributed by atoms with Crippen LogP contribution in [0.3, 0.4) is 0 Å². The molecule has 8 heteroatoms. The van der Waals surface area contributed by atoms with Crippen LogP contribution >= 0.6 is 31.9 Å². The number of nitrogens with zero attached hydrogens (tertiary/aromatic N) is 1. The van der Waals surface area contributed by atoms with E-state index in [9.17, 15) is 14.4 Å². The molecular formula is C22H14Br2N2O4. The van der Waals surface area contributed by atoms with E-state index in [1.807, 2.05) is 0 Å². The van der Waals surface area contributed by atoms with Crippen LogP contribution in [-0.2, 0) is 0 Å². The lowest BCUT2D eigenvalue weighted by molar-refractivity contribution is 0.0924. The van der Waals surface area contributed by atoms with Gasteiger partial charge in [-0.2, -0.15) is 0 Å². The second kappa shape index (κ2) is 8.04. The number of carbonyl (C=O) groups excluding carboxylic acids is 3. The van der Waals surface area contributed by atoms with Crippen LogP contribution in [0.4, 0.5) is 11.4 Å². The molecule has 6 nitrogen and oxygen atoms in total. The number of methoxy groups -OCH3 is 1. The number of halogens is 2. The molecular weight excluding hydrogens is 516 g/mol. The van der Waals surface area contributed by atoms with Crippen molar-refractivity contribution in [2.24, 2.45) is 0 Å². The molecule has 0 fully saturated rings. The summed E-state index contributed by atoms with van der Waals surface area (Å²) in [4.78, 5) is 39.1. The molecule has 4 rings (SSSR count). The third-order valence-electron chi connectivity index (χ3n) is 4.63. The zero-order valence-corrected chi connectivity index (χ0v) is 18.8. The van der Waals surface area contributed by atoms with Gasteiger partial charge < -0.3 is 10.1 Å². The van der Waals surface area contributed by atoms with Gasteiger partial charge >= 0.3 is 0 Å². The average Bonchev–Trinajstić information content (AvgIpc) is 2.99. The van der Waals surface area contributed by atoms with Gasteiger partial charge in [-0.15, -0.1) is 0 Å². The van der Waals surface area contributed by atoms with Gasteiger partial charge in [-0.3, -0.25) is 14.4 Å². The van der Waals surface area contributed by atoms with Crippen LogP contribution in [0.15, 0.2) is 69.6 Å². The molecule has 0 saturated heterocycles. The minimum Gasteiger partial charge on any atom is -0.495 e. The molecule has 3 aromatic rings. The standard InChI is InChI=1S/C22H14Br2N2O4/c1-30-19-17(10-12(23)11-18(19)24)20(27)25-13-6-8-14(9-7-13)26-21(28)15-4-2-3-5-16(15)22(26)29/h2-11H,1H3,(H,25,27). The first-order valence-corrected chi connectivity index (χ1v) is 10.4. The first-order valence-electron chi connectivity index (χ1n) is 8.83. The number of ether oxygens (including phenoxy) is 1. The van der Waals surface area contributed by atoms with Gasteiger partial charge in [0.25, 0.3) is 17.7 Å². The van der Waals surface area contributed by atoms with Crippen LogP contribution in [-0.4, -0.2) is 24.8 Å². The highest BCUT2D eigenvalue weighted by Gasteiger charge is 2.36. The third-order valence-corrected chi connectivity index (χ3v) is 5.68. The van der Waals surface area contributed by atoms with Crippen molar-refractivity contribution in [1.82, 2.24) is 0 Å². The maximum atomic E-state index is 12.7. The Morgan fingerprint density at radius 2 is 1.53 bits per heavy atom. The number of hydrogen-bond donors (Lipinski definition) is 1. The quantitative estimate of drug-likeness (QED) is 0.467. The van der Waals surface area contributed by atoms with Gasteiger partial charge in [0.05, 0.1) is 34.0 Å². The molecule has 1 N–H and O–H groups in total. The Kier molecular flexibility index (Phi) is 5.44. The summed E-state index contributed by atoms with van der Waals surface area (Å²) in [5, 5.41) is 2.80. The summed E-state index contributed by atoms with van der Waals surface area (Å²) in [5.41, 5.74) is 2.06. The number of carbonyl (C=O) groups is 3. The summed E-state index contributed by atoms with van der Waals surface area (Å²) in [6.07, 6.45) is 0. The summed E-state index contributed by atoms with van der Waals surface area (Å²) >= 11 is 6.74. The fraction of sp³-hybridized carbons (Fsp3) is 0.0455. The number of anilines is 2. The highest BCUT2D eigenvalue weighted by molar-refractivity contribution is 9.11. The lowest BCUT2D eigenvalue weighted by Gasteiger charge is -2.15. The van der Waals surface area contributed by atoms with Crippen LogP contribution in [0.25, 0.3) is 0 Å². The van der Waals surface area contributed by atoms with E-state index in [1.165, 1.54) is 7.11 Å². The topological polar surface area (TPSA) is 75.7 Å². The van der Waals surface area contributed by atoms with Gasteiger partial charge in [-0.25, -0.2) is 4.90 Å². The lowest BCUT2D eigenvalue weighted by atomic mass is 10.1. The monoisotopic (exact) mass is 528 g/mol. The minimum absolute atomic E-state index is 0.350. The second-order valence-electron chi connectivity index (χ2n) is 6.46.